The molecule has 0 bridgehead atoms. The third kappa shape index (κ3) is 11.7. The number of benzene rings is 2. The molecule has 1 unspecified atom stereocenters. The van der Waals surface area contributed by atoms with Crippen molar-refractivity contribution in [2.75, 3.05) is 7.11 Å². The minimum atomic E-state index is -0.928. The van der Waals surface area contributed by atoms with E-state index in [1.54, 1.807) is 25.1 Å². The number of hydrogen-bond donors (Lipinski definition) is 3. The van der Waals surface area contributed by atoms with Crippen LogP contribution in [0.25, 0.3) is 6.08 Å². The van der Waals surface area contributed by atoms with Crippen LogP contribution in [0, 0.1) is 11.8 Å². The highest BCUT2D eigenvalue weighted by Gasteiger charge is 2.30. The van der Waals surface area contributed by atoms with Gasteiger partial charge in [-0.05, 0) is 55.0 Å². The molecule has 0 radical (unpaired) electrons. The Kier molecular flexibility index (Phi) is 13.7. The van der Waals surface area contributed by atoms with Gasteiger partial charge in [0, 0.05) is 24.8 Å². The van der Waals surface area contributed by atoms with Crippen LogP contribution < -0.4 is 20.7 Å². The number of carbonyl (C=O) groups is 4. The first kappa shape index (κ1) is 35.4. The number of rotatable bonds is 8. The van der Waals surface area contributed by atoms with Crippen molar-refractivity contribution >= 4 is 41.4 Å². The van der Waals surface area contributed by atoms with E-state index in [1.807, 2.05) is 69.3 Å². The Morgan fingerprint density at radius 3 is 2.42 bits per heavy atom. The minimum Gasteiger partial charge on any atom is -0.495 e. The second-order valence-corrected chi connectivity index (χ2v) is 12.2. The van der Waals surface area contributed by atoms with Crippen LogP contribution in [0.5, 0.6) is 5.75 Å². The molecule has 3 rings (SSSR count). The van der Waals surface area contributed by atoms with Crippen molar-refractivity contribution in [3.63, 3.8) is 0 Å². The van der Waals surface area contributed by atoms with E-state index in [1.165, 1.54) is 13.2 Å². The number of carbonyl (C=O) groups excluding carboxylic acids is 4. The van der Waals surface area contributed by atoms with E-state index in [4.69, 9.17) is 21.1 Å². The Hall–Kier alpha value is -4.11. The number of nitrogens with one attached hydrogen (secondary N) is 3. The summed E-state index contributed by atoms with van der Waals surface area (Å²) in [5.74, 6) is -1.51. The van der Waals surface area contributed by atoms with Crippen LogP contribution in [0.15, 0.2) is 66.8 Å². The summed E-state index contributed by atoms with van der Waals surface area (Å²) in [6.07, 6.45) is 7.22. The third-order valence-electron chi connectivity index (χ3n) is 7.44. The van der Waals surface area contributed by atoms with E-state index in [-0.39, 0.29) is 24.7 Å². The average molecular weight is 638 g/mol. The normalized spacial score (nSPS) is 23.5. The van der Waals surface area contributed by atoms with E-state index in [0.717, 1.165) is 11.1 Å². The predicted octanol–water partition coefficient (Wildman–Crippen LogP) is 5.02. The fourth-order valence-electron chi connectivity index (χ4n) is 4.98. The summed E-state index contributed by atoms with van der Waals surface area (Å²) < 4.78 is 11.2. The third-order valence-corrected chi connectivity index (χ3v) is 7.73. The lowest BCUT2D eigenvalue weighted by atomic mass is 9.98. The molecule has 5 atom stereocenters. The Morgan fingerprint density at radius 1 is 1.02 bits per heavy atom. The van der Waals surface area contributed by atoms with Gasteiger partial charge in [-0.25, -0.2) is 4.79 Å². The van der Waals surface area contributed by atoms with Crippen molar-refractivity contribution in [2.24, 2.45) is 11.8 Å². The zero-order valence-electron chi connectivity index (χ0n) is 26.5. The topological polar surface area (TPSA) is 123 Å². The molecule has 0 fully saturated rings. The summed E-state index contributed by atoms with van der Waals surface area (Å²) in [6.45, 7) is 7.38. The molecule has 0 aliphatic carbocycles. The van der Waals surface area contributed by atoms with E-state index >= 15 is 0 Å². The summed E-state index contributed by atoms with van der Waals surface area (Å²) in [5, 5.41) is 8.78. The lowest BCUT2D eigenvalue weighted by Crippen LogP contribution is -2.52. The number of halogens is 1. The first-order valence-electron chi connectivity index (χ1n) is 15.3. The van der Waals surface area contributed by atoms with Gasteiger partial charge in [0.2, 0.25) is 17.7 Å². The number of amides is 3. The van der Waals surface area contributed by atoms with E-state index in [0.29, 0.717) is 23.6 Å². The highest BCUT2D eigenvalue weighted by molar-refractivity contribution is 6.32. The molecule has 0 saturated carbocycles. The van der Waals surface area contributed by atoms with Gasteiger partial charge in [-0.1, -0.05) is 87.0 Å². The quantitative estimate of drug-likeness (QED) is 0.349. The van der Waals surface area contributed by atoms with Crippen molar-refractivity contribution in [1.82, 2.24) is 16.0 Å². The Morgan fingerprint density at radius 2 is 1.76 bits per heavy atom. The van der Waals surface area contributed by atoms with Crippen molar-refractivity contribution in [1.29, 1.82) is 0 Å². The summed E-state index contributed by atoms with van der Waals surface area (Å²) >= 11 is 6.31. The van der Waals surface area contributed by atoms with Crippen LogP contribution in [0.2, 0.25) is 5.02 Å². The molecule has 0 spiro atoms. The smallest absolute Gasteiger partial charge is 0.328 e. The van der Waals surface area contributed by atoms with Crippen LogP contribution in [0.4, 0.5) is 0 Å². The minimum absolute atomic E-state index is 0.0811. The number of ether oxygens (including phenoxy) is 2. The standard InChI is InChI=1S/C35H44ClN3O6/c1-22(2)18-29-35(43)45-30(23(3)14-15-25-10-7-6-8-11-25)12-9-13-32(40)38-27(21-33(41)37-24(4)34(42)39-29)19-26-16-17-31(44-5)28(36)20-26/h6-11,13-17,20,22-24,27,29-30H,12,18-19,21H2,1-5H3,(H,37,41)(H,38,40)(H,39,42)/b13-9+,15-14+/t23-,24+,27-,29+,30?/m1/s1. The molecule has 10 heteroatoms. The second kappa shape index (κ2) is 17.4. The molecule has 9 nitrogen and oxygen atoms in total. The van der Waals surface area contributed by atoms with Gasteiger partial charge in [0.15, 0.2) is 0 Å². The molecule has 45 heavy (non-hydrogen) atoms. The van der Waals surface area contributed by atoms with Gasteiger partial charge < -0.3 is 25.4 Å². The van der Waals surface area contributed by atoms with Gasteiger partial charge in [-0.2, -0.15) is 0 Å². The summed E-state index contributed by atoms with van der Waals surface area (Å²) in [6, 6.07) is 12.6. The maximum atomic E-state index is 13.4. The highest BCUT2D eigenvalue weighted by atomic mass is 35.5. The van der Waals surface area contributed by atoms with Crippen LogP contribution in [0.1, 0.15) is 58.1 Å². The Labute approximate surface area is 270 Å². The average Bonchev–Trinajstić information content (AvgIpc) is 2.98. The van der Waals surface area contributed by atoms with Crippen molar-refractivity contribution in [2.45, 2.75) is 77.6 Å². The zero-order valence-corrected chi connectivity index (χ0v) is 27.3. The van der Waals surface area contributed by atoms with Crippen molar-refractivity contribution in [3.8, 4) is 5.75 Å². The molecule has 3 amide bonds. The Balaban J connectivity index is 1.89. The Bertz CT molecular complexity index is 1380. The largest absolute Gasteiger partial charge is 0.495 e. The summed E-state index contributed by atoms with van der Waals surface area (Å²) in [7, 11) is 1.52. The first-order valence-corrected chi connectivity index (χ1v) is 15.7. The second-order valence-electron chi connectivity index (χ2n) is 11.8. The van der Waals surface area contributed by atoms with Gasteiger partial charge in [-0.3, -0.25) is 14.4 Å². The fraction of sp³-hybridized carbons (Fsp3) is 0.429. The van der Waals surface area contributed by atoms with Gasteiger partial charge in [0.05, 0.1) is 12.1 Å². The first-order chi connectivity index (χ1) is 21.4. The van der Waals surface area contributed by atoms with Crippen LogP contribution in [-0.4, -0.2) is 55.0 Å². The van der Waals surface area contributed by atoms with Crippen LogP contribution in [-0.2, 0) is 30.3 Å². The van der Waals surface area contributed by atoms with Gasteiger partial charge in [0.1, 0.15) is 23.9 Å². The number of cyclic esters (lactones) is 1. The van der Waals surface area contributed by atoms with E-state index < -0.39 is 47.9 Å². The molecule has 1 aliphatic heterocycles. The molecule has 2 aromatic rings. The molecular weight excluding hydrogens is 594 g/mol. The van der Waals surface area contributed by atoms with Crippen molar-refractivity contribution < 1.29 is 28.7 Å². The zero-order chi connectivity index (χ0) is 32.9. The molecule has 1 heterocycles. The molecule has 3 N–H and O–H groups in total. The predicted molar refractivity (Wildman–Crippen MR) is 176 cm³/mol. The summed E-state index contributed by atoms with van der Waals surface area (Å²) in [4.78, 5) is 52.6. The molecule has 0 aromatic heterocycles. The lowest BCUT2D eigenvalue weighted by molar-refractivity contribution is -0.155. The van der Waals surface area contributed by atoms with Gasteiger partial charge >= 0.3 is 5.97 Å². The SMILES string of the molecule is COc1ccc(C[C@@H]2CC(=O)N[C@@H](C)C(=O)N[C@@H](CC(C)C)C(=O)OC([C@H](C)/C=C/c3ccccc3)C/C=C/C(=O)N2)cc1Cl. The molecule has 242 valence electrons. The monoisotopic (exact) mass is 637 g/mol. The van der Waals surface area contributed by atoms with Gasteiger partial charge in [-0.15, -0.1) is 0 Å². The maximum absolute atomic E-state index is 13.4. The molecule has 1 aliphatic rings. The van der Waals surface area contributed by atoms with Crippen LogP contribution >= 0.6 is 11.6 Å². The number of hydrogen-bond acceptors (Lipinski definition) is 6. The van der Waals surface area contributed by atoms with Gasteiger partial charge in [0.25, 0.3) is 0 Å². The van der Waals surface area contributed by atoms with E-state index in [9.17, 15) is 19.2 Å². The maximum Gasteiger partial charge on any atom is 0.328 e. The van der Waals surface area contributed by atoms with Crippen LogP contribution in [0.3, 0.4) is 0 Å². The van der Waals surface area contributed by atoms with Crippen molar-refractivity contribution in [3.05, 3.63) is 82.9 Å². The number of methoxy groups -OCH3 is 1. The molecular formula is C35H44ClN3O6. The number of esters is 1. The van der Waals surface area contributed by atoms with E-state index in [2.05, 4.69) is 16.0 Å². The summed E-state index contributed by atoms with van der Waals surface area (Å²) in [5.41, 5.74) is 1.80. The highest BCUT2D eigenvalue weighted by Crippen LogP contribution is 2.26. The molecule has 2 aromatic carbocycles. The lowest BCUT2D eigenvalue weighted by Gasteiger charge is -2.27. The fourth-order valence-corrected chi connectivity index (χ4v) is 5.26. The molecule has 0 saturated heterocycles.